The molecule has 1 amide bonds. The monoisotopic (exact) mass is 453 g/mol. The van der Waals surface area contributed by atoms with E-state index in [4.69, 9.17) is 21.1 Å². The molecule has 0 fully saturated rings. The lowest BCUT2D eigenvalue weighted by Crippen LogP contribution is -2.24. The van der Waals surface area contributed by atoms with Crippen LogP contribution in [0, 0.1) is 10.1 Å². The Kier molecular flexibility index (Phi) is 7.50. The van der Waals surface area contributed by atoms with E-state index in [1.54, 1.807) is 48.5 Å². The van der Waals surface area contributed by atoms with Crippen LogP contribution in [0.15, 0.2) is 77.9 Å². The van der Waals surface area contributed by atoms with Gasteiger partial charge in [-0.25, -0.2) is 10.2 Å². The van der Waals surface area contributed by atoms with Gasteiger partial charge in [-0.1, -0.05) is 35.9 Å². The van der Waals surface area contributed by atoms with Gasteiger partial charge in [0.1, 0.15) is 11.5 Å². The van der Waals surface area contributed by atoms with Crippen molar-refractivity contribution in [1.29, 1.82) is 0 Å². The number of rotatable bonds is 8. The lowest BCUT2D eigenvalue weighted by Gasteiger charge is -2.06. The molecule has 3 aromatic carbocycles. The van der Waals surface area contributed by atoms with Crippen molar-refractivity contribution >= 4 is 35.4 Å². The first-order valence-corrected chi connectivity index (χ1v) is 9.56. The number of esters is 1. The van der Waals surface area contributed by atoms with E-state index in [-0.39, 0.29) is 23.6 Å². The Balaban J connectivity index is 1.53. The van der Waals surface area contributed by atoms with Gasteiger partial charge >= 0.3 is 5.97 Å². The molecule has 0 unspecified atom stereocenters. The largest absolute Gasteiger partial charge is 0.482 e. The summed E-state index contributed by atoms with van der Waals surface area (Å²) < 4.78 is 10.6. The van der Waals surface area contributed by atoms with Crippen LogP contribution in [0.2, 0.25) is 5.02 Å². The van der Waals surface area contributed by atoms with E-state index in [1.165, 1.54) is 30.5 Å². The molecule has 0 saturated carbocycles. The Morgan fingerprint density at radius 2 is 1.81 bits per heavy atom. The normalized spacial score (nSPS) is 10.5. The predicted molar refractivity (Wildman–Crippen MR) is 117 cm³/mol. The fourth-order valence-electron chi connectivity index (χ4n) is 2.46. The summed E-state index contributed by atoms with van der Waals surface area (Å²) in [6, 6.07) is 18.3. The molecule has 0 radical (unpaired) electrons. The zero-order chi connectivity index (χ0) is 22.9. The maximum Gasteiger partial charge on any atom is 0.343 e. The molecule has 3 rings (SSSR count). The molecule has 0 heterocycles. The summed E-state index contributed by atoms with van der Waals surface area (Å²) in [4.78, 5) is 34.2. The highest BCUT2D eigenvalue weighted by Crippen LogP contribution is 2.22. The number of para-hydroxylation sites is 1. The van der Waals surface area contributed by atoms with Gasteiger partial charge in [-0.15, -0.1) is 0 Å². The number of nitrogens with zero attached hydrogens (tertiary/aromatic N) is 2. The van der Waals surface area contributed by atoms with Crippen LogP contribution in [0.25, 0.3) is 0 Å². The number of carbonyl (C=O) groups is 2. The van der Waals surface area contributed by atoms with Gasteiger partial charge in [-0.05, 0) is 42.0 Å². The van der Waals surface area contributed by atoms with Crippen molar-refractivity contribution in [2.24, 2.45) is 5.10 Å². The van der Waals surface area contributed by atoms with Gasteiger partial charge < -0.3 is 9.47 Å². The van der Waals surface area contributed by atoms with E-state index in [2.05, 4.69) is 10.5 Å². The number of nitrogens with one attached hydrogen (secondary N) is 1. The second-order valence-corrected chi connectivity index (χ2v) is 6.69. The predicted octanol–water partition coefficient (Wildman–Crippen LogP) is 4.00. The van der Waals surface area contributed by atoms with E-state index in [0.29, 0.717) is 16.3 Å². The van der Waals surface area contributed by atoms with Crippen molar-refractivity contribution in [3.8, 4) is 11.5 Å². The fraction of sp³-hybridized carbons (Fsp3) is 0.0455. The van der Waals surface area contributed by atoms with Crippen molar-refractivity contribution < 1.29 is 24.0 Å². The first-order valence-electron chi connectivity index (χ1n) is 9.18. The first kappa shape index (κ1) is 22.4. The van der Waals surface area contributed by atoms with Gasteiger partial charge in [0.25, 0.3) is 11.6 Å². The summed E-state index contributed by atoms with van der Waals surface area (Å²) in [5.74, 6) is -0.526. The van der Waals surface area contributed by atoms with E-state index in [0.717, 1.165) is 0 Å². The van der Waals surface area contributed by atoms with Crippen LogP contribution < -0.4 is 14.9 Å². The van der Waals surface area contributed by atoms with Gasteiger partial charge in [0.2, 0.25) is 0 Å². The van der Waals surface area contributed by atoms with Gasteiger partial charge in [0.15, 0.2) is 6.61 Å². The van der Waals surface area contributed by atoms with Crippen molar-refractivity contribution in [2.45, 2.75) is 0 Å². The second kappa shape index (κ2) is 10.7. The average Bonchev–Trinajstić information content (AvgIpc) is 2.79. The number of hydrogen-bond acceptors (Lipinski definition) is 7. The van der Waals surface area contributed by atoms with Crippen LogP contribution in [0.1, 0.15) is 15.9 Å². The maximum absolute atomic E-state index is 12.2. The van der Waals surface area contributed by atoms with E-state index in [1.807, 2.05) is 0 Å². The second-order valence-electron chi connectivity index (χ2n) is 6.28. The topological polar surface area (TPSA) is 120 Å². The zero-order valence-electron chi connectivity index (χ0n) is 16.4. The molecule has 3 aromatic rings. The Morgan fingerprint density at radius 1 is 1.06 bits per heavy atom. The Morgan fingerprint density at radius 3 is 2.53 bits per heavy atom. The summed E-state index contributed by atoms with van der Waals surface area (Å²) in [6.45, 7) is -0.270. The number of non-ortho nitro benzene ring substituents is 1. The molecule has 0 atom stereocenters. The number of carbonyl (C=O) groups excluding carboxylic acids is 2. The van der Waals surface area contributed by atoms with Gasteiger partial charge in [-0.2, -0.15) is 5.10 Å². The van der Waals surface area contributed by atoms with Crippen molar-refractivity contribution in [1.82, 2.24) is 5.43 Å². The number of nitro benzene ring substituents is 1. The van der Waals surface area contributed by atoms with Crippen LogP contribution in [0.5, 0.6) is 11.5 Å². The van der Waals surface area contributed by atoms with Gasteiger partial charge in [0, 0.05) is 12.1 Å². The summed E-state index contributed by atoms with van der Waals surface area (Å²) in [5, 5.41) is 14.9. The van der Waals surface area contributed by atoms with Crippen molar-refractivity contribution in [2.75, 3.05) is 6.61 Å². The summed E-state index contributed by atoms with van der Waals surface area (Å²) in [6.07, 6.45) is 1.37. The average molecular weight is 454 g/mol. The number of benzene rings is 3. The lowest BCUT2D eigenvalue weighted by molar-refractivity contribution is -0.384. The molecule has 1 N–H and O–H groups in total. The van der Waals surface area contributed by atoms with Crippen LogP contribution in [0.4, 0.5) is 5.69 Å². The molecule has 0 spiro atoms. The maximum atomic E-state index is 12.2. The number of ether oxygens (including phenoxy) is 2. The smallest absolute Gasteiger partial charge is 0.343 e. The quantitative estimate of drug-likeness (QED) is 0.181. The molecule has 10 heteroatoms. The van der Waals surface area contributed by atoms with E-state index >= 15 is 0 Å². The SMILES string of the molecule is O=C(COc1ccccc1Cl)NN=Cc1cccc(OC(=O)c2ccc([N+](=O)[O-])cc2)c1. The first-order chi connectivity index (χ1) is 15.4. The minimum atomic E-state index is -0.668. The van der Waals surface area contributed by atoms with Gasteiger partial charge in [-0.3, -0.25) is 14.9 Å². The Labute approximate surface area is 187 Å². The zero-order valence-corrected chi connectivity index (χ0v) is 17.2. The van der Waals surface area contributed by atoms with Crippen molar-refractivity contribution in [3.63, 3.8) is 0 Å². The number of hydrogen-bond donors (Lipinski definition) is 1. The molecule has 0 saturated heterocycles. The molecule has 32 heavy (non-hydrogen) atoms. The molecule has 0 aromatic heterocycles. The number of amides is 1. The third kappa shape index (κ3) is 6.38. The van der Waals surface area contributed by atoms with Gasteiger partial charge in [0.05, 0.1) is 21.7 Å². The summed E-state index contributed by atoms with van der Waals surface area (Å²) in [7, 11) is 0. The summed E-state index contributed by atoms with van der Waals surface area (Å²) >= 11 is 5.95. The Bertz CT molecular complexity index is 1160. The molecule has 0 aliphatic heterocycles. The fourth-order valence-corrected chi connectivity index (χ4v) is 2.65. The van der Waals surface area contributed by atoms with Crippen LogP contribution in [-0.2, 0) is 4.79 Å². The number of halogens is 1. The van der Waals surface area contributed by atoms with E-state index in [9.17, 15) is 19.7 Å². The molecular weight excluding hydrogens is 438 g/mol. The molecule has 0 aliphatic rings. The highest BCUT2D eigenvalue weighted by atomic mass is 35.5. The highest BCUT2D eigenvalue weighted by Gasteiger charge is 2.12. The van der Waals surface area contributed by atoms with Crippen LogP contribution in [-0.4, -0.2) is 29.6 Å². The van der Waals surface area contributed by atoms with E-state index < -0.39 is 16.8 Å². The minimum absolute atomic E-state index is 0.126. The van der Waals surface area contributed by atoms with Crippen LogP contribution >= 0.6 is 11.6 Å². The minimum Gasteiger partial charge on any atom is -0.482 e. The van der Waals surface area contributed by atoms with Crippen molar-refractivity contribution in [3.05, 3.63) is 99.1 Å². The van der Waals surface area contributed by atoms with Crippen LogP contribution in [0.3, 0.4) is 0 Å². The molecule has 162 valence electrons. The molecule has 0 aliphatic carbocycles. The lowest BCUT2D eigenvalue weighted by atomic mass is 10.2. The highest BCUT2D eigenvalue weighted by molar-refractivity contribution is 6.32. The summed E-state index contributed by atoms with van der Waals surface area (Å²) in [5.41, 5.74) is 2.92. The third-order valence-electron chi connectivity index (χ3n) is 3.98. The molecule has 0 bridgehead atoms. The number of nitro groups is 1. The molecule has 9 nitrogen and oxygen atoms in total. The Hall–Kier alpha value is -4.24. The number of hydrazone groups is 1. The third-order valence-corrected chi connectivity index (χ3v) is 4.29. The molecular formula is C22H16ClN3O6. The standard InChI is InChI=1S/C22H16ClN3O6/c23-19-6-1-2-7-20(19)31-14-21(27)25-24-13-15-4-3-5-18(12-15)32-22(28)16-8-10-17(11-9-16)26(29)30/h1-13H,14H2,(H,25,27).